The zero-order valence-electron chi connectivity index (χ0n) is 12.4. The minimum Gasteiger partial charge on any atom is -0.389 e. The monoisotopic (exact) mass is 282 g/mol. The average molecular weight is 282 g/mol. The average Bonchev–Trinajstić information content (AvgIpc) is 2.49. The van der Waals surface area contributed by atoms with Crippen LogP contribution in [-0.2, 0) is 6.54 Å². The molecule has 0 spiro atoms. The number of benzene rings is 1. The lowest BCUT2D eigenvalue weighted by atomic mass is 10.1. The lowest BCUT2D eigenvalue weighted by molar-refractivity contribution is 0.199. The minimum absolute atomic E-state index is 0.470. The number of hydrogen-bond donors (Lipinski definition) is 2. The van der Waals surface area contributed by atoms with Crippen molar-refractivity contribution in [3.63, 3.8) is 0 Å². The third kappa shape index (κ3) is 3.36. The van der Waals surface area contributed by atoms with Gasteiger partial charge in [-0.3, -0.25) is 0 Å². The third-order valence-electron chi connectivity index (χ3n) is 3.49. The molecule has 0 aliphatic heterocycles. The van der Waals surface area contributed by atoms with Gasteiger partial charge in [0.15, 0.2) is 5.82 Å². The van der Waals surface area contributed by atoms with E-state index in [-0.39, 0.29) is 0 Å². The van der Waals surface area contributed by atoms with Crippen LogP contribution in [-0.4, -0.2) is 15.3 Å². The summed E-state index contributed by atoms with van der Waals surface area (Å²) in [5.74, 6) is 0.500. The molecule has 0 amide bonds. The van der Waals surface area contributed by atoms with Crippen molar-refractivity contribution < 1.29 is 5.11 Å². The van der Waals surface area contributed by atoms with E-state index in [1.807, 2.05) is 38.1 Å². The highest BCUT2D eigenvalue weighted by Crippen LogP contribution is 2.18. The van der Waals surface area contributed by atoms with Gasteiger partial charge in [0, 0.05) is 6.54 Å². The van der Waals surface area contributed by atoms with Crippen LogP contribution in [0.3, 0.4) is 0 Å². The number of rotatable bonds is 4. The van der Waals surface area contributed by atoms with Crippen molar-refractivity contribution in [2.75, 3.05) is 5.32 Å². The quantitative estimate of drug-likeness (QED) is 0.900. The fourth-order valence-corrected chi connectivity index (χ4v) is 1.97. The normalized spacial score (nSPS) is 11.8. The maximum Gasteiger partial charge on any atom is 0.167 e. The number of nitriles is 1. The first kappa shape index (κ1) is 14.9. The summed E-state index contributed by atoms with van der Waals surface area (Å²) in [7, 11) is 0. The molecule has 0 fully saturated rings. The van der Waals surface area contributed by atoms with Crippen LogP contribution in [0.15, 0.2) is 24.3 Å². The summed E-state index contributed by atoms with van der Waals surface area (Å²) in [5, 5.41) is 29.9. The molecule has 21 heavy (non-hydrogen) atoms. The van der Waals surface area contributed by atoms with Crippen LogP contribution in [0.2, 0.25) is 0 Å². The van der Waals surface area contributed by atoms with Crippen LogP contribution in [0.4, 0.5) is 5.82 Å². The lowest BCUT2D eigenvalue weighted by Crippen LogP contribution is -2.07. The largest absolute Gasteiger partial charge is 0.389 e. The molecule has 0 aliphatic rings. The molecule has 1 aromatic heterocycles. The number of aliphatic hydroxyl groups excluding tert-OH is 1. The number of nitrogens with zero attached hydrogens (tertiary/aromatic N) is 3. The Hall–Kier alpha value is -2.45. The summed E-state index contributed by atoms with van der Waals surface area (Å²) in [6.07, 6.45) is -0.470. The molecule has 5 heteroatoms. The fraction of sp³-hybridized carbons (Fsp3) is 0.312. The van der Waals surface area contributed by atoms with Crippen molar-refractivity contribution in [1.29, 1.82) is 5.26 Å². The maximum absolute atomic E-state index is 9.48. The highest BCUT2D eigenvalue weighted by atomic mass is 16.3. The van der Waals surface area contributed by atoms with Gasteiger partial charge in [0.05, 0.1) is 11.8 Å². The Morgan fingerprint density at radius 2 is 1.90 bits per heavy atom. The van der Waals surface area contributed by atoms with Crippen molar-refractivity contribution in [3.05, 3.63) is 52.2 Å². The Morgan fingerprint density at radius 1 is 1.24 bits per heavy atom. The van der Waals surface area contributed by atoms with E-state index in [1.54, 1.807) is 6.92 Å². The Balaban J connectivity index is 2.13. The Morgan fingerprint density at radius 3 is 2.48 bits per heavy atom. The van der Waals surface area contributed by atoms with Gasteiger partial charge in [-0.05, 0) is 37.5 Å². The molecule has 1 atom stereocenters. The SMILES string of the molecule is Cc1nnc(NCc2ccc(C(C)O)cc2)c(C#N)c1C. The molecule has 1 unspecified atom stereocenters. The minimum atomic E-state index is -0.470. The summed E-state index contributed by atoms with van der Waals surface area (Å²) < 4.78 is 0. The van der Waals surface area contributed by atoms with Crippen LogP contribution in [0.5, 0.6) is 0 Å². The molecule has 0 aliphatic carbocycles. The standard InChI is InChI=1S/C16H18N4O/c1-10-11(2)19-20-16(15(10)8-17)18-9-13-4-6-14(7-5-13)12(3)21/h4-7,12,21H,9H2,1-3H3,(H,18,20). The summed E-state index contributed by atoms with van der Waals surface area (Å²) in [4.78, 5) is 0. The topological polar surface area (TPSA) is 81.8 Å². The van der Waals surface area contributed by atoms with E-state index in [1.165, 1.54) is 0 Å². The summed E-state index contributed by atoms with van der Waals surface area (Å²) >= 11 is 0. The Bertz CT molecular complexity index is 672. The number of aromatic nitrogens is 2. The van der Waals surface area contributed by atoms with Gasteiger partial charge in [-0.1, -0.05) is 24.3 Å². The van der Waals surface area contributed by atoms with Gasteiger partial charge < -0.3 is 10.4 Å². The molecule has 5 nitrogen and oxygen atoms in total. The van der Waals surface area contributed by atoms with Crippen molar-refractivity contribution in [3.8, 4) is 6.07 Å². The van der Waals surface area contributed by atoms with Crippen molar-refractivity contribution >= 4 is 5.82 Å². The van der Waals surface area contributed by atoms with E-state index in [2.05, 4.69) is 21.6 Å². The molecule has 0 radical (unpaired) electrons. The van der Waals surface area contributed by atoms with Crippen LogP contribution in [0, 0.1) is 25.2 Å². The number of nitrogens with one attached hydrogen (secondary N) is 1. The third-order valence-corrected chi connectivity index (χ3v) is 3.49. The fourth-order valence-electron chi connectivity index (χ4n) is 1.97. The molecule has 108 valence electrons. The second kappa shape index (κ2) is 6.33. The van der Waals surface area contributed by atoms with Gasteiger partial charge >= 0.3 is 0 Å². The molecular weight excluding hydrogens is 264 g/mol. The van der Waals surface area contributed by atoms with E-state index < -0.39 is 6.10 Å². The molecule has 2 N–H and O–H groups in total. The zero-order valence-corrected chi connectivity index (χ0v) is 12.4. The number of aliphatic hydroxyl groups is 1. The van der Waals surface area contributed by atoms with Crippen LogP contribution < -0.4 is 5.32 Å². The molecule has 0 saturated carbocycles. The second-order valence-corrected chi connectivity index (χ2v) is 5.02. The first-order valence-corrected chi connectivity index (χ1v) is 6.77. The lowest BCUT2D eigenvalue weighted by Gasteiger charge is -2.10. The Labute approximate surface area is 124 Å². The van der Waals surface area contributed by atoms with Gasteiger partial charge in [-0.25, -0.2) is 0 Å². The first-order chi connectivity index (χ1) is 10.0. The predicted molar refractivity (Wildman–Crippen MR) is 80.6 cm³/mol. The molecule has 0 bridgehead atoms. The molecule has 1 heterocycles. The van der Waals surface area contributed by atoms with E-state index in [0.717, 1.165) is 22.4 Å². The number of hydrogen-bond acceptors (Lipinski definition) is 5. The van der Waals surface area contributed by atoms with Crippen molar-refractivity contribution in [2.45, 2.75) is 33.4 Å². The van der Waals surface area contributed by atoms with Crippen molar-refractivity contribution in [2.24, 2.45) is 0 Å². The van der Waals surface area contributed by atoms with E-state index in [0.29, 0.717) is 17.9 Å². The van der Waals surface area contributed by atoms with Gasteiger partial charge in [0.1, 0.15) is 11.6 Å². The predicted octanol–water partition coefficient (Wildman–Crippen LogP) is 2.63. The molecule has 0 saturated heterocycles. The summed E-state index contributed by atoms with van der Waals surface area (Å²) in [6.45, 7) is 5.98. The van der Waals surface area contributed by atoms with Crippen LogP contribution in [0.1, 0.15) is 41.0 Å². The highest BCUT2D eigenvalue weighted by Gasteiger charge is 2.10. The van der Waals surface area contributed by atoms with Gasteiger partial charge in [0.25, 0.3) is 0 Å². The second-order valence-electron chi connectivity index (χ2n) is 5.02. The van der Waals surface area contributed by atoms with Crippen LogP contribution in [0.25, 0.3) is 0 Å². The smallest absolute Gasteiger partial charge is 0.167 e. The zero-order chi connectivity index (χ0) is 15.4. The maximum atomic E-state index is 9.48. The molecular formula is C16H18N4O. The Kier molecular flexibility index (Phi) is 4.51. The highest BCUT2D eigenvalue weighted by molar-refractivity contribution is 5.55. The molecule has 2 rings (SSSR count). The van der Waals surface area contributed by atoms with Gasteiger partial charge in [-0.15, -0.1) is 5.10 Å². The number of anilines is 1. The van der Waals surface area contributed by atoms with Gasteiger partial charge in [-0.2, -0.15) is 10.4 Å². The summed E-state index contributed by atoms with van der Waals surface area (Å²) in [6, 6.07) is 9.82. The molecule has 1 aromatic carbocycles. The number of aryl methyl sites for hydroxylation is 1. The van der Waals surface area contributed by atoms with E-state index in [9.17, 15) is 10.4 Å². The van der Waals surface area contributed by atoms with Crippen molar-refractivity contribution in [1.82, 2.24) is 10.2 Å². The van der Waals surface area contributed by atoms with Crippen LogP contribution >= 0.6 is 0 Å². The van der Waals surface area contributed by atoms with E-state index in [4.69, 9.17) is 0 Å². The summed E-state index contributed by atoms with van der Waals surface area (Å²) in [5.41, 5.74) is 4.06. The first-order valence-electron chi connectivity index (χ1n) is 6.77. The van der Waals surface area contributed by atoms with Gasteiger partial charge in [0.2, 0.25) is 0 Å². The van der Waals surface area contributed by atoms with E-state index >= 15 is 0 Å². The molecule has 2 aromatic rings.